The Labute approximate surface area is 125 Å². The molecule has 0 amide bonds. The van der Waals surface area contributed by atoms with Crippen LogP contribution in [0, 0.1) is 5.92 Å². The average molecular weight is 316 g/mol. The Morgan fingerprint density at radius 1 is 1.20 bits per heavy atom. The number of aliphatic imine (C=N–C) groups is 1. The maximum absolute atomic E-state index is 11.9. The van der Waals surface area contributed by atoms with Gasteiger partial charge in [-0.1, -0.05) is 12.1 Å². The normalized spacial score (nSPS) is 22.9. The Hall–Kier alpha value is -1.11. The Balaban J connectivity index is 0.00000147. The van der Waals surface area contributed by atoms with Gasteiger partial charge in [0.05, 0.1) is 4.90 Å². The fourth-order valence-corrected chi connectivity index (χ4v) is 3.79. The molecule has 0 saturated carbocycles. The van der Waals surface area contributed by atoms with Crippen LogP contribution in [0.3, 0.4) is 0 Å². The lowest BCUT2D eigenvalue weighted by Crippen LogP contribution is -2.30. The van der Waals surface area contributed by atoms with Crippen LogP contribution in [0.15, 0.2) is 34.2 Å². The van der Waals surface area contributed by atoms with Crippen molar-refractivity contribution in [2.24, 2.45) is 10.9 Å². The van der Waals surface area contributed by atoms with Gasteiger partial charge in [0.1, 0.15) is 5.84 Å². The van der Waals surface area contributed by atoms with Gasteiger partial charge in [0.2, 0.25) is 0 Å². The number of nitrogens with one attached hydrogen (secondary N) is 2. The number of nitrogens with zero attached hydrogens (tertiary/aromatic N) is 1. The summed E-state index contributed by atoms with van der Waals surface area (Å²) in [7, 11) is -3.40. The van der Waals surface area contributed by atoms with Gasteiger partial charge in [-0.2, -0.15) is 0 Å². The molecule has 20 heavy (non-hydrogen) atoms. The second-order valence-corrected chi connectivity index (χ2v) is 6.64. The number of benzene rings is 1. The van der Waals surface area contributed by atoms with Crippen molar-refractivity contribution in [3.05, 3.63) is 29.8 Å². The van der Waals surface area contributed by atoms with E-state index >= 15 is 0 Å². The predicted octanol–water partition coefficient (Wildman–Crippen LogP) is 1.15. The average Bonchev–Trinajstić information content (AvgIpc) is 2.70. The molecule has 1 aromatic carbocycles. The predicted molar refractivity (Wildman–Crippen MR) is 81.0 cm³/mol. The van der Waals surface area contributed by atoms with Crippen molar-refractivity contribution in [3.63, 3.8) is 0 Å². The Kier molecular flexibility index (Phi) is 4.67. The van der Waals surface area contributed by atoms with Gasteiger partial charge in [0.15, 0.2) is 0 Å². The fraction of sp³-hybridized carbons (Fsp3) is 0.462. The van der Waals surface area contributed by atoms with E-state index < -0.39 is 10.0 Å². The lowest BCUT2D eigenvalue weighted by Gasteiger charge is -2.20. The minimum Gasteiger partial charge on any atom is -0.317 e. The van der Waals surface area contributed by atoms with Gasteiger partial charge in [-0.05, 0) is 44.0 Å². The summed E-state index contributed by atoms with van der Waals surface area (Å²) in [5.74, 6) is 1.04. The van der Waals surface area contributed by atoms with Crippen molar-refractivity contribution in [2.45, 2.75) is 17.7 Å². The topological polar surface area (TPSA) is 70.6 Å². The summed E-state index contributed by atoms with van der Waals surface area (Å²) < 4.78 is 26.4. The molecule has 1 fully saturated rings. The summed E-state index contributed by atoms with van der Waals surface area (Å²) in [5, 5.41) is 3.31. The second kappa shape index (κ2) is 6.11. The molecule has 1 saturated heterocycles. The van der Waals surface area contributed by atoms with E-state index in [2.05, 4.69) is 15.0 Å². The van der Waals surface area contributed by atoms with Crippen molar-refractivity contribution >= 4 is 28.3 Å². The number of amidine groups is 1. The van der Waals surface area contributed by atoms with E-state index in [1.807, 2.05) is 6.07 Å². The van der Waals surface area contributed by atoms with Gasteiger partial charge in [-0.25, -0.2) is 8.42 Å². The SMILES string of the molecule is Cl.O=S1(=O)NC(=NCC2CCNCC2)c2ccccc21. The number of rotatable bonds is 2. The van der Waals surface area contributed by atoms with E-state index in [4.69, 9.17) is 0 Å². The molecule has 0 aromatic heterocycles. The van der Waals surface area contributed by atoms with Crippen molar-refractivity contribution in [2.75, 3.05) is 19.6 Å². The molecule has 0 bridgehead atoms. The zero-order valence-electron chi connectivity index (χ0n) is 11.0. The maximum atomic E-state index is 11.9. The van der Waals surface area contributed by atoms with Gasteiger partial charge < -0.3 is 5.32 Å². The van der Waals surface area contributed by atoms with E-state index in [1.165, 1.54) is 0 Å². The largest absolute Gasteiger partial charge is 0.317 e. The first kappa shape index (κ1) is 15.3. The molecule has 1 aromatic rings. The van der Waals surface area contributed by atoms with Crippen molar-refractivity contribution in [3.8, 4) is 0 Å². The van der Waals surface area contributed by atoms with Crippen LogP contribution in [0.4, 0.5) is 0 Å². The quantitative estimate of drug-likeness (QED) is 0.860. The molecule has 7 heteroatoms. The van der Waals surface area contributed by atoms with Crippen LogP contribution in [0.1, 0.15) is 18.4 Å². The van der Waals surface area contributed by atoms with E-state index in [0.717, 1.165) is 25.9 Å². The van der Waals surface area contributed by atoms with Crippen molar-refractivity contribution in [1.82, 2.24) is 10.0 Å². The van der Waals surface area contributed by atoms with Gasteiger partial charge in [-0.15, -0.1) is 12.4 Å². The smallest absolute Gasteiger partial charge is 0.263 e. The Bertz CT molecular complexity index is 610. The summed E-state index contributed by atoms with van der Waals surface area (Å²) in [4.78, 5) is 4.81. The molecule has 0 aliphatic carbocycles. The highest BCUT2D eigenvalue weighted by molar-refractivity contribution is 7.90. The van der Waals surface area contributed by atoms with Crippen LogP contribution >= 0.6 is 12.4 Å². The monoisotopic (exact) mass is 315 g/mol. The number of halogens is 1. The van der Waals surface area contributed by atoms with E-state index in [1.54, 1.807) is 18.2 Å². The standard InChI is InChI=1S/C13H17N3O2S.ClH/c17-19(18)12-4-2-1-3-11(12)13(16-19)15-9-10-5-7-14-8-6-10;/h1-4,10,14H,5-9H2,(H,15,16);1H. The van der Waals surface area contributed by atoms with Crippen molar-refractivity contribution in [1.29, 1.82) is 0 Å². The van der Waals surface area contributed by atoms with E-state index in [-0.39, 0.29) is 12.4 Å². The molecule has 110 valence electrons. The van der Waals surface area contributed by atoms with Gasteiger partial charge >= 0.3 is 0 Å². The van der Waals surface area contributed by atoms with Crippen LogP contribution in [-0.4, -0.2) is 33.9 Å². The fourth-order valence-electron chi connectivity index (χ4n) is 2.54. The third-order valence-electron chi connectivity index (χ3n) is 3.63. The maximum Gasteiger partial charge on any atom is 0.263 e. The van der Waals surface area contributed by atoms with Crippen LogP contribution in [0.2, 0.25) is 0 Å². The van der Waals surface area contributed by atoms with Crippen LogP contribution in [0.25, 0.3) is 0 Å². The molecule has 2 aliphatic rings. The lowest BCUT2D eigenvalue weighted by molar-refractivity contribution is 0.383. The summed E-state index contributed by atoms with van der Waals surface area (Å²) in [5.41, 5.74) is 0.691. The Morgan fingerprint density at radius 2 is 1.90 bits per heavy atom. The first-order valence-electron chi connectivity index (χ1n) is 6.54. The molecular formula is C13H18ClN3O2S. The van der Waals surface area contributed by atoms with Crippen LogP contribution in [0.5, 0.6) is 0 Å². The zero-order chi connectivity index (χ0) is 13.3. The third-order valence-corrected chi connectivity index (χ3v) is 5.03. The van der Waals surface area contributed by atoms with Gasteiger partial charge in [-0.3, -0.25) is 9.71 Å². The zero-order valence-corrected chi connectivity index (χ0v) is 12.6. The lowest BCUT2D eigenvalue weighted by atomic mass is 9.98. The molecule has 0 spiro atoms. The summed E-state index contributed by atoms with van der Waals surface area (Å²) in [6.07, 6.45) is 2.20. The van der Waals surface area contributed by atoms with E-state index in [9.17, 15) is 8.42 Å². The Morgan fingerprint density at radius 3 is 2.65 bits per heavy atom. The summed E-state index contributed by atoms with van der Waals surface area (Å²) in [6, 6.07) is 6.98. The molecular weight excluding hydrogens is 298 g/mol. The number of sulfonamides is 1. The highest BCUT2D eigenvalue weighted by atomic mass is 35.5. The highest BCUT2D eigenvalue weighted by Crippen LogP contribution is 2.22. The first-order valence-corrected chi connectivity index (χ1v) is 8.02. The second-order valence-electron chi connectivity index (χ2n) is 4.98. The van der Waals surface area contributed by atoms with Gasteiger partial charge in [0.25, 0.3) is 10.0 Å². The number of hydrogen-bond donors (Lipinski definition) is 2. The van der Waals surface area contributed by atoms with Crippen molar-refractivity contribution < 1.29 is 8.42 Å². The van der Waals surface area contributed by atoms with Crippen LogP contribution in [-0.2, 0) is 10.0 Å². The highest BCUT2D eigenvalue weighted by Gasteiger charge is 2.30. The molecule has 2 heterocycles. The minimum atomic E-state index is -3.40. The summed E-state index contributed by atoms with van der Waals surface area (Å²) in [6.45, 7) is 2.74. The minimum absolute atomic E-state index is 0. The molecule has 5 nitrogen and oxygen atoms in total. The number of fused-ring (bicyclic) bond motifs is 1. The molecule has 0 radical (unpaired) electrons. The molecule has 0 unspecified atom stereocenters. The molecule has 3 rings (SSSR count). The number of hydrogen-bond acceptors (Lipinski definition) is 4. The van der Waals surface area contributed by atoms with Crippen LogP contribution < -0.4 is 10.0 Å². The first-order chi connectivity index (χ1) is 9.17. The molecule has 2 aliphatic heterocycles. The molecule has 2 N–H and O–H groups in total. The van der Waals surface area contributed by atoms with E-state index in [0.29, 0.717) is 28.8 Å². The molecule has 0 atom stereocenters. The number of piperidine rings is 1. The third kappa shape index (κ3) is 2.97. The van der Waals surface area contributed by atoms with Gasteiger partial charge in [0, 0.05) is 12.1 Å². The summed E-state index contributed by atoms with van der Waals surface area (Å²) >= 11 is 0.